The van der Waals surface area contributed by atoms with Gasteiger partial charge in [0.15, 0.2) is 0 Å². The lowest BCUT2D eigenvalue weighted by Gasteiger charge is -2.27. The van der Waals surface area contributed by atoms with Gasteiger partial charge in [0.1, 0.15) is 0 Å². The van der Waals surface area contributed by atoms with Gasteiger partial charge in [-0.2, -0.15) is 0 Å². The molecule has 1 aliphatic heterocycles. The van der Waals surface area contributed by atoms with E-state index in [0.717, 1.165) is 47.8 Å². The first-order chi connectivity index (χ1) is 14.6. The molecule has 2 aliphatic rings. The molecule has 2 aromatic carbocycles. The minimum absolute atomic E-state index is 0.0770. The lowest BCUT2D eigenvalue weighted by Crippen LogP contribution is -2.42. The minimum Gasteiger partial charge on any atom is -0.392 e. The second-order valence-corrected chi connectivity index (χ2v) is 8.64. The van der Waals surface area contributed by atoms with Gasteiger partial charge in [-0.1, -0.05) is 48.5 Å². The SMILES string of the molecule is O=C(N[C@H](CN1CC[C@H](O)C1)c1ccccc1)C1(c2cnc3ccccc3c2)CC1. The van der Waals surface area contributed by atoms with E-state index in [0.29, 0.717) is 13.1 Å². The zero-order chi connectivity index (χ0) is 20.6. The summed E-state index contributed by atoms with van der Waals surface area (Å²) in [5.41, 5.74) is 2.57. The summed E-state index contributed by atoms with van der Waals surface area (Å²) in [7, 11) is 0. The number of β-amino-alcohol motifs (C(OH)–C–C–N with tert-alkyl or cyclic N) is 1. The molecule has 5 nitrogen and oxygen atoms in total. The molecule has 2 heterocycles. The van der Waals surface area contributed by atoms with E-state index in [2.05, 4.69) is 33.4 Å². The van der Waals surface area contributed by atoms with Crippen LogP contribution in [0.4, 0.5) is 0 Å². The molecule has 2 atom stereocenters. The highest BCUT2D eigenvalue weighted by molar-refractivity contribution is 5.93. The third kappa shape index (κ3) is 3.71. The average Bonchev–Trinajstić information content (AvgIpc) is 3.50. The van der Waals surface area contributed by atoms with E-state index in [1.807, 2.05) is 48.7 Å². The number of carbonyl (C=O) groups excluding carboxylic acids is 1. The number of benzene rings is 2. The first kappa shape index (κ1) is 19.2. The molecular formula is C25H27N3O2. The van der Waals surface area contributed by atoms with E-state index < -0.39 is 5.41 Å². The number of hydrogen-bond donors (Lipinski definition) is 2. The number of carbonyl (C=O) groups is 1. The summed E-state index contributed by atoms with van der Waals surface area (Å²) in [6.45, 7) is 2.23. The number of nitrogens with one attached hydrogen (secondary N) is 1. The van der Waals surface area contributed by atoms with Gasteiger partial charge in [-0.15, -0.1) is 0 Å². The lowest BCUT2D eigenvalue weighted by molar-refractivity contribution is -0.124. The summed E-state index contributed by atoms with van der Waals surface area (Å²) >= 11 is 0. The van der Waals surface area contributed by atoms with Crippen molar-refractivity contribution in [1.82, 2.24) is 15.2 Å². The Kier molecular flexibility index (Phi) is 5.01. The van der Waals surface area contributed by atoms with Crippen LogP contribution in [0.25, 0.3) is 10.9 Å². The maximum absolute atomic E-state index is 13.5. The van der Waals surface area contributed by atoms with Gasteiger partial charge in [0, 0.05) is 31.2 Å². The number of fused-ring (bicyclic) bond motifs is 1. The van der Waals surface area contributed by atoms with Crippen LogP contribution in [-0.2, 0) is 10.2 Å². The van der Waals surface area contributed by atoms with Crippen molar-refractivity contribution in [2.75, 3.05) is 19.6 Å². The Balaban J connectivity index is 1.39. The number of amides is 1. The van der Waals surface area contributed by atoms with Crippen molar-refractivity contribution in [3.05, 3.63) is 78.0 Å². The van der Waals surface area contributed by atoms with E-state index in [4.69, 9.17) is 0 Å². The molecule has 0 unspecified atom stereocenters. The van der Waals surface area contributed by atoms with Crippen LogP contribution < -0.4 is 5.32 Å². The Morgan fingerprint density at radius 2 is 1.93 bits per heavy atom. The Labute approximate surface area is 176 Å². The van der Waals surface area contributed by atoms with Gasteiger partial charge in [0.25, 0.3) is 0 Å². The lowest BCUT2D eigenvalue weighted by atomic mass is 9.94. The quantitative estimate of drug-likeness (QED) is 0.666. The molecule has 1 amide bonds. The number of aliphatic hydroxyl groups excluding tert-OH is 1. The molecule has 2 fully saturated rings. The highest BCUT2D eigenvalue weighted by Crippen LogP contribution is 2.49. The molecule has 5 heteroatoms. The van der Waals surface area contributed by atoms with Crippen LogP contribution >= 0.6 is 0 Å². The summed E-state index contributed by atoms with van der Waals surface area (Å²) in [5.74, 6) is 0.0770. The van der Waals surface area contributed by atoms with Crippen LogP contribution in [0, 0.1) is 0 Å². The number of pyridine rings is 1. The molecule has 0 spiro atoms. The maximum atomic E-state index is 13.5. The van der Waals surface area contributed by atoms with Crippen LogP contribution in [0.2, 0.25) is 0 Å². The first-order valence-corrected chi connectivity index (χ1v) is 10.8. The summed E-state index contributed by atoms with van der Waals surface area (Å²) in [6, 6.07) is 20.2. The standard InChI is InChI=1S/C25H27N3O2/c29-21-10-13-28(16-21)17-23(18-6-2-1-3-7-18)27-24(30)25(11-12-25)20-14-19-8-4-5-9-22(19)26-15-20/h1-9,14-15,21,23,29H,10-13,16-17H2,(H,27,30)/t21-,23+/m0/s1. The predicted molar refractivity (Wildman–Crippen MR) is 117 cm³/mol. The summed E-state index contributed by atoms with van der Waals surface area (Å²) < 4.78 is 0. The van der Waals surface area contributed by atoms with Gasteiger partial charge in [0.2, 0.25) is 5.91 Å². The zero-order valence-electron chi connectivity index (χ0n) is 17.0. The van der Waals surface area contributed by atoms with E-state index in [9.17, 15) is 9.90 Å². The molecule has 1 saturated heterocycles. The molecule has 1 aliphatic carbocycles. The van der Waals surface area contributed by atoms with Gasteiger partial charge in [-0.3, -0.25) is 14.7 Å². The van der Waals surface area contributed by atoms with Crippen molar-refractivity contribution in [2.45, 2.75) is 36.8 Å². The summed E-state index contributed by atoms with van der Waals surface area (Å²) in [5, 5.41) is 14.3. The average molecular weight is 402 g/mol. The van der Waals surface area contributed by atoms with E-state index >= 15 is 0 Å². The summed E-state index contributed by atoms with van der Waals surface area (Å²) in [4.78, 5) is 20.3. The van der Waals surface area contributed by atoms with Crippen LogP contribution in [0.1, 0.15) is 36.4 Å². The van der Waals surface area contributed by atoms with E-state index in [-0.39, 0.29) is 18.1 Å². The van der Waals surface area contributed by atoms with Gasteiger partial charge < -0.3 is 10.4 Å². The Bertz CT molecular complexity index is 1050. The van der Waals surface area contributed by atoms with Crippen molar-refractivity contribution in [2.24, 2.45) is 0 Å². The Morgan fingerprint density at radius 1 is 1.17 bits per heavy atom. The number of nitrogens with zero attached hydrogens (tertiary/aromatic N) is 2. The monoisotopic (exact) mass is 401 g/mol. The maximum Gasteiger partial charge on any atom is 0.231 e. The molecular weight excluding hydrogens is 374 g/mol. The zero-order valence-corrected chi connectivity index (χ0v) is 17.0. The van der Waals surface area contributed by atoms with Gasteiger partial charge >= 0.3 is 0 Å². The molecule has 0 bridgehead atoms. The highest BCUT2D eigenvalue weighted by Gasteiger charge is 2.52. The van der Waals surface area contributed by atoms with Crippen molar-refractivity contribution in [3.8, 4) is 0 Å². The highest BCUT2D eigenvalue weighted by atomic mass is 16.3. The van der Waals surface area contributed by atoms with Crippen molar-refractivity contribution in [3.63, 3.8) is 0 Å². The first-order valence-electron chi connectivity index (χ1n) is 10.8. The number of para-hydroxylation sites is 1. The second kappa shape index (κ2) is 7.82. The smallest absolute Gasteiger partial charge is 0.231 e. The van der Waals surface area contributed by atoms with Crippen molar-refractivity contribution >= 4 is 16.8 Å². The second-order valence-electron chi connectivity index (χ2n) is 8.64. The number of aromatic nitrogens is 1. The van der Waals surface area contributed by atoms with Crippen molar-refractivity contribution < 1.29 is 9.90 Å². The molecule has 1 saturated carbocycles. The molecule has 3 aromatic rings. The summed E-state index contributed by atoms with van der Waals surface area (Å²) in [6.07, 6.45) is 4.09. The largest absolute Gasteiger partial charge is 0.392 e. The van der Waals surface area contributed by atoms with Gasteiger partial charge in [-0.05, 0) is 42.5 Å². The van der Waals surface area contributed by atoms with Gasteiger partial charge in [0.05, 0.1) is 23.1 Å². The molecule has 154 valence electrons. The van der Waals surface area contributed by atoms with Crippen LogP contribution in [0.15, 0.2) is 66.9 Å². The van der Waals surface area contributed by atoms with Gasteiger partial charge in [-0.25, -0.2) is 0 Å². The number of rotatable bonds is 6. The topological polar surface area (TPSA) is 65.5 Å². The van der Waals surface area contributed by atoms with E-state index in [1.165, 1.54) is 0 Å². The molecule has 30 heavy (non-hydrogen) atoms. The fourth-order valence-corrected chi connectivity index (χ4v) is 4.56. The fourth-order valence-electron chi connectivity index (χ4n) is 4.56. The molecule has 0 radical (unpaired) electrons. The number of hydrogen-bond acceptors (Lipinski definition) is 4. The molecule has 1 aromatic heterocycles. The number of aliphatic hydroxyl groups is 1. The fraction of sp³-hybridized carbons (Fsp3) is 0.360. The normalized spacial score (nSPS) is 21.4. The molecule has 2 N–H and O–H groups in total. The Morgan fingerprint density at radius 3 is 2.67 bits per heavy atom. The van der Waals surface area contributed by atoms with Crippen LogP contribution in [0.3, 0.4) is 0 Å². The third-order valence-electron chi connectivity index (χ3n) is 6.52. The molecule has 5 rings (SSSR count). The van der Waals surface area contributed by atoms with Crippen LogP contribution in [0.5, 0.6) is 0 Å². The predicted octanol–water partition coefficient (Wildman–Crippen LogP) is 3.19. The minimum atomic E-state index is -0.478. The van der Waals surface area contributed by atoms with Crippen LogP contribution in [-0.4, -0.2) is 46.6 Å². The third-order valence-corrected chi connectivity index (χ3v) is 6.52. The Hall–Kier alpha value is -2.76. The number of likely N-dealkylation sites (tertiary alicyclic amines) is 1. The van der Waals surface area contributed by atoms with E-state index in [1.54, 1.807) is 0 Å². The van der Waals surface area contributed by atoms with Crippen molar-refractivity contribution in [1.29, 1.82) is 0 Å².